The van der Waals surface area contributed by atoms with Crippen molar-refractivity contribution in [3.63, 3.8) is 0 Å². The maximum absolute atomic E-state index is 13.1. The number of hydrogen-bond donors (Lipinski definition) is 2. The van der Waals surface area contributed by atoms with Gasteiger partial charge in [-0.2, -0.15) is 0 Å². The number of carbonyl (C=O) groups excluding carboxylic acids is 2. The molecule has 3 aromatic carbocycles. The molecular weight excluding hydrogens is 406 g/mol. The van der Waals surface area contributed by atoms with Crippen LogP contribution >= 0.6 is 0 Å². The summed E-state index contributed by atoms with van der Waals surface area (Å²) in [4.78, 5) is 38.4. The molecule has 1 aromatic heterocycles. The summed E-state index contributed by atoms with van der Waals surface area (Å²) >= 11 is 0. The van der Waals surface area contributed by atoms with Crippen molar-refractivity contribution in [2.45, 2.75) is 0 Å². The van der Waals surface area contributed by atoms with E-state index in [4.69, 9.17) is 4.74 Å². The third-order valence-corrected chi connectivity index (χ3v) is 5.15. The van der Waals surface area contributed by atoms with E-state index in [1.54, 1.807) is 80.9 Å². The van der Waals surface area contributed by atoms with Gasteiger partial charge >= 0.3 is 0 Å². The summed E-state index contributed by atoms with van der Waals surface area (Å²) in [5, 5.41) is 6.24. The number of aromatic nitrogens is 1. The number of nitrogens with one attached hydrogen (secondary N) is 2. The summed E-state index contributed by atoms with van der Waals surface area (Å²) in [7, 11) is 3.21. The van der Waals surface area contributed by atoms with Crippen molar-refractivity contribution in [2.75, 3.05) is 17.7 Å². The number of fused-ring (bicyclic) bond motifs is 1. The van der Waals surface area contributed by atoms with E-state index < -0.39 is 5.91 Å². The molecule has 1 heterocycles. The molecule has 0 fully saturated rings. The number of hydrogen-bond acceptors (Lipinski definition) is 4. The number of methoxy groups -OCH3 is 1. The van der Waals surface area contributed by atoms with E-state index in [9.17, 15) is 14.4 Å². The van der Waals surface area contributed by atoms with Gasteiger partial charge in [-0.3, -0.25) is 14.4 Å². The van der Waals surface area contributed by atoms with Gasteiger partial charge in [0.2, 0.25) is 0 Å². The Morgan fingerprint density at radius 3 is 2.34 bits per heavy atom. The summed E-state index contributed by atoms with van der Waals surface area (Å²) in [5.74, 6) is -0.245. The second kappa shape index (κ2) is 8.77. The Bertz CT molecular complexity index is 1390. The van der Waals surface area contributed by atoms with Gasteiger partial charge < -0.3 is 19.9 Å². The van der Waals surface area contributed by atoms with Crippen molar-refractivity contribution in [3.05, 3.63) is 100 Å². The highest BCUT2D eigenvalue weighted by Crippen LogP contribution is 2.22. The topological polar surface area (TPSA) is 89.4 Å². The molecule has 2 amide bonds. The Kier molecular flexibility index (Phi) is 5.72. The summed E-state index contributed by atoms with van der Waals surface area (Å²) in [6.45, 7) is 0. The molecule has 0 aliphatic heterocycles. The van der Waals surface area contributed by atoms with Crippen LogP contribution in [0.2, 0.25) is 0 Å². The van der Waals surface area contributed by atoms with Crippen LogP contribution in [0.4, 0.5) is 11.4 Å². The van der Waals surface area contributed by atoms with E-state index in [1.165, 1.54) is 10.6 Å². The molecule has 0 bridgehead atoms. The monoisotopic (exact) mass is 427 g/mol. The number of anilines is 2. The SMILES string of the molecule is COc1cccc(NC(=O)c2ccccc2NC(=O)c2cc(=O)n(C)c3ccccc23)c1. The largest absolute Gasteiger partial charge is 0.497 e. The molecule has 0 aliphatic rings. The van der Waals surface area contributed by atoms with Gasteiger partial charge in [0, 0.05) is 30.3 Å². The second-order valence-electron chi connectivity index (χ2n) is 7.16. The average Bonchev–Trinajstić information content (AvgIpc) is 2.81. The molecule has 2 N–H and O–H groups in total. The van der Waals surface area contributed by atoms with Crippen LogP contribution in [0.15, 0.2) is 83.7 Å². The molecule has 7 nitrogen and oxygen atoms in total. The molecule has 4 rings (SSSR count). The van der Waals surface area contributed by atoms with Gasteiger partial charge in [-0.05, 0) is 30.3 Å². The third-order valence-electron chi connectivity index (χ3n) is 5.15. The smallest absolute Gasteiger partial charge is 0.257 e. The molecule has 0 saturated carbocycles. The van der Waals surface area contributed by atoms with Crippen LogP contribution in [0.5, 0.6) is 5.75 Å². The fourth-order valence-corrected chi connectivity index (χ4v) is 3.48. The van der Waals surface area contributed by atoms with E-state index in [-0.39, 0.29) is 22.6 Å². The minimum Gasteiger partial charge on any atom is -0.497 e. The maximum atomic E-state index is 13.1. The number of para-hydroxylation sites is 2. The Labute approximate surface area is 184 Å². The van der Waals surface area contributed by atoms with Gasteiger partial charge in [-0.1, -0.05) is 36.4 Å². The zero-order valence-corrected chi connectivity index (χ0v) is 17.6. The first kappa shape index (κ1) is 20.9. The number of rotatable bonds is 5. The number of pyridine rings is 1. The Hall–Kier alpha value is -4.39. The third kappa shape index (κ3) is 4.09. The van der Waals surface area contributed by atoms with Crippen molar-refractivity contribution in [1.82, 2.24) is 4.57 Å². The number of carbonyl (C=O) groups is 2. The number of amides is 2. The van der Waals surface area contributed by atoms with Gasteiger partial charge in [0.1, 0.15) is 5.75 Å². The zero-order chi connectivity index (χ0) is 22.7. The molecule has 0 atom stereocenters. The van der Waals surface area contributed by atoms with Crippen LogP contribution < -0.4 is 20.9 Å². The van der Waals surface area contributed by atoms with Crippen LogP contribution in [0, 0.1) is 0 Å². The minimum atomic E-state index is -0.472. The summed E-state index contributed by atoms with van der Waals surface area (Å²) in [5.41, 5.74) is 1.78. The van der Waals surface area contributed by atoms with Crippen LogP contribution in [0.3, 0.4) is 0 Å². The fraction of sp³-hybridized carbons (Fsp3) is 0.0800. The van der Waals surface area contributed by atoms with E-state index in [2.05, 4.69) is 10.6 Å². The van der Waals surface area contributed by atoms with Crippen LogP contribution in [-0.2, 0) is 7.05 Å². The molecule has 160 valence electrons. The summed E-state index contributed by atoms with van der Waals surface area (Å²) in [6, 6.07) is 22.2. The molecule has 0 aliphatic carbocycles. The van der Waals surface area contributed by atoms with Crippen LogP contribution in [0.1, 0.15) is 20.7 Å². The quantitative estimate of drug-likeness (QED) is 0.503. The second-order valence-corrected chi connectivity index (χ2v) is 7.16. The van der Waals surface area contributed by atoms with E-state index >= 15 is 0 Å². The van der Waals surface area contributed by atoms with Crippen molar-refractivity contribution < 1.29 is 14.3 Å². The van der Waals surface area contributed by atoms with Crippen LogP contribution in [0.25, 0.3) is 10.9 Å². The minimum absolute atomic E-state index is 0.242. The molecule has 0 spiro atoms. The standard InChI is InChI=1S/C25H21N3O4/c1-28-22-13-6-4-10-18(22)20(15-23(28)29)25(31)27-21-12-5-3-11-19(21)24(30)26-16-8-7-9-17(14-16)32-2/h3-15H,1-2H3,(H,26,30)(H,27,31). The lowest BCUT2D eigenvalue weighted by molar-refractivity contribution is 0.102. The lowest BCUT2D eigenvalue weighted by Crippen LogP contribution is -2.23. The highest BCUT2D eigenvalue weighted by molar-refractivity contribution is 6.15. The molecule has 0 radical (unpaired) electrons. The van der Waals surface area contributed by atoms with Crippen LogP contribution in [-0.4, -0.2) is 23.5 Å². The van der Waals surface area contributed by atoms with E-state index in [0.29, 0.717) is 28.0 Å². The molecule has 4 aromatic rings. The first-order valence-electron chi connectivity index (χ1n) is 9.92. The highest BCUT2D eigenvalue weighted by Gasteiger charge is 2.17. The Morgan fingerprint density at radius 1 is 0.812 bits per heavy atom. The lowest BCUT2D eigenvalue weighted by Gasteiger charge is -2.13. The van der Waals surface area contributed by atoms with E-state index in [1.807, 2.05) is 6.07 Å². The van der Waals surface area contributed by atoms with E-state index in [0.717, 1.165) is 0 Å². The van der Waals surface area contributed by atoms with Gasteiger partial charge in [0.05, 0.1) is 29.4 Å². The fourth-order valence-electron chi connectivity index (χ4n) is 3.48. The average molecular weight is 427 g/mol. The highest BCUT2D eigenvalue weighted by atomic mass is 16.5. The van der Waals surface area contributed by atoms with Crippen molar-refractivity contribution in [3.8, 4) is 5.75 Å². The number of nitrogens with zero attached hydrogens (tertiary/aromatic N) is 1. The normalized spacial score (nSPS) is 10.6. The van der Waals surface area contributed by atoms with Gasteiger partial charge in [-0.25, -0.2) is 0 Å². The number of ether oxygens (including phenoxy) is 1. The van der Waals surface area contributed by atoms with Gasteiger partial charge in [0.25, 0.3) is 17.4 Å². The summed E-state index contributed by atoms with van der Waals surface area (Å²) < 4.78 is 6.67. The first-order valence-corrected chi connectivity index (χ1v) is 9.92. The molecule has 7 heteroatoms. The number of benzene rings is 3. The predicted molar refractivity (Wildman–Crippen MR) is 125 cm³/mol. The lowest BCUT2D eigenvalue weighted by atomic mass is 10.1. The molecule has 0 unspecified atom stereocenters. The first-order chi connectivity index (χ1) is 15.5. The predicted octanol–water partition coefficient (Wildman–Crippen LogP) is 4.05. The van der Waals surface area contributed by atoms with Crippen molar-refractivity contribution in [2.24, 2.45) is 7.05 Å². The van der Waals surface area contributed by atoms with Crippen molar-refractivity contribution in [1.29, 1.82) is 0 Å². The van der Waals surface area contributed by atoms with Gasteiger partial charge in [-0.15, -0.1) is 0 Å². The molecule has 32 heavy (non-hydrogen) atoms. The Morgan fingerprint density at radius 2 is 1.53 bits per heavy atom. The maximum Gasteiger partial charge on any atom is 0.257 e. The number of aryl methyl sites for hydroxylation is 1. The molecular formula is C25H21N3O4. The Balaban J connectivity index is 1.65. The van der Waals surface area contributed by atoms with Gasteiger partial charge in [0.15, 0.2) is 0 Å². The summed E-state index contributed by atoms with van der Waals surface area (Å²) in [6.07, 6.45) is 0. The van der Waals surface area contributed by atoms with Crippen molar-refractivity contribution >= 4 is 34.1 Å². The molecule has 0 saturated heterocycles. The zero-order valence-electron chi connectivity index (χ0n) is 17.6.